The van der Waals surface area contributed by atoms with Crippen LogP contribution in [0.25, 0.3) is 0 Å². The van der Waals surface area contributed by atoms with Gasteiger partial charge in [-0.15, -0.1) is 11.3 Å². The summed E-state index contributed by atoms with van der Waals surface area (Å²) in [5.74, 6) is -1.24. The Morgan fingerprint density at radius 3 is 2.90 bits per heavy atom. The van der Waals surface area contributed by atoms with Crippen molar-refractivity contribution in [3.8, 4) is 0 Å². The van der Waals surface area contributed by atoms with E-state index in [1.165, 1.54) is 4.88 Å². The Kier molecular flexibility index (Phi) is 4.57. The number of anilines is 1. The van der Waals surface area contributed by atoms with Crippen molar-refractivity contribution in [2.45, 2.75) is 26.2 Å². The van der Waals surface area contributed by atoms with Crippen LogP contribution in [0.1, 0.15) is 33.9 Å². The van der Waals surface area contributed by atoms with Gasteiger partial charge in [-0.2, -0.15) is 0 Å². The maximum absolute atomic E-state index is 11.8. The third-order valence-corrected chi connectivity index (χ3v) is 3.78. The van der Waals surface area contributed by atoms with E-state index in [4.69, 9.17) is 5.11 Å². The van der Waals surface area contributed by atoms with Gasteiger partial charge in [0.05, 0.1) is 5.69 Å². The van der Waals surface area contributed by atoms with Crippen LogP contribution in [-0.4, -0.2) is 22.0 Å². The van der Waals surface area contributed by atoms with Crippen molar-refractivity contribution in [2.75, 3.05) is 5.32 Å². The average molecular weight is 292 g/mol. The van der Waals surface area contributed by atoms with E-state index in [1.54, 1.807) is 24.3 Å². The Morgan fingerprint density at radius 2 is 2.25 bits per heavy atom. The maximum atomic E-state index is 11.8. The van der Waals surface area contributed by atoms with Crippen molar-refractivity contribution in [3.05, 3.63) is 39.8 Å². The summed E-state index contributed by atoms with van der Waals surface area (Å²) in [5, 5.41) is 13.7. The second-order valence-electron chi connectivity index (χ2n) is 4.53. The van der Waals surface area contributed by atoms with Crippen LogP contribution in [0.2, 0.25) is 0 Å². The minimum atomic E-state index is -1.08. The van der Waals surface area contributed by atoms with E-state index in [0.717, 1.165) is 12.8 Å². The van der Waals surface area contributed by atoms with Gasteiger partial charge < -0.3 is 15.4 Å². The molecule has 0 aromatic carbocycles. The third kappa shape index (κ3) is 3.71. The number of aryl methyl sites for hydroxylation is 2. The molecular weight excluding hydrogens is 276 g/mol. The number of hydrogen-bond acceptors (Lipinski definition) is 3. The van der Waals surface area contributed by atoms with Crippen molar-refractivity contribution < 1.29 is 14.7 Å². The van der Waals surface area contributed by atoms with E-state index in [0.29, 0.717) is 17.8 Å². The molecule has 2 rings (SSSR count). The molecule has 2 heterocycles. The summed E-state index contributed by atoms with van der Waals surface area (Å²) in [7, 11) is 0. The molecule has 0 saturated heterocycles. The first-order valence-electron chi connectivity index (χ1n) is 6.31. The zero-order valence-corrected chi connectivity index (χ0v) is 11.9. The molecule has 0 aliphatic carbocycles. The minimum Gasteiger partial charge on any atom is -0.477 e. The zero-order valence-electron chi connectivity index (χ0n) is 11.1. The predicted molar refractivity (Wildman–Crippen MR) is 78.4 cm³/mol. The Bertz CT molecular complexity index is 602. The molecule has 6 heteroatoms. The molecule has 20 heavy (non-hydrogen) atoms. The highest BCUT2D eigenvalue weighted by atomic mass is 32.1. The molecule has 0 fully saturated rings. The largest absolute Gasteiger partial charge is 0.477 e. The molecule has 0 aliphatic heterocycles. The molecule has 0 saturated carbocycles. The van der Waals surface area contributed by atoms with Gasteiger partial charge in [0.1, 0.15) is 5.69 Å². The lowest BCUT2D eigenvalue weighted by molar-refractivity contribution is -0.116. The van der Waals surface area contributed by atoms with Crippen LogP contribution in [0, 0.1) is 6.92 Å². The Hall–Kier alpha value is -2.08. The fourth-order valence-electron chi connectivity index (χ4n) is 1.95. The number of aromatic carboxylic acids is 1. The number of nitrogens with one attached hydrogen (secondary N) is 2. The number of hydrogen-bond donors (Lipinski definition) is 3. The second-order valence-corrected chi connectivity index (χ2v) is 5.56. The van der Waals surface area contributed by atoms with Crippen LogP contribution < -0.4 is 5.32 Å². The molecule has 0 aliphatic rings. The number of thiophene rings is 1. The highest BCUT2D eigenvalue weighted by Gasteiger charge is 2.15. The summed E-state index contributed by atoms with van der Waals surface area (Å²) >= 11 is 1.67. The number of carboxylic acids is 1. The van der Waals surface area contributed by atoms with Crippen molar-refractivity contribution in [1.82, 2.24) is 4.98 Å². The monoisotopic (exact) mass is 292 g/mol. The Labute approximate surface area is 120 Å². The molecule has 0 spiro atoms. The first-order valence-corrected chi connectivity index (χ1v) is 7.19. The number of aromatic amines is 1. The van der Waals surface area contributed by atoms with Gasteiger partial charge in [0.2, 0.25) is 5.91 Å². The summed E-state index contributed by atoms with van der Waals surface area (Å²) in [6.45, 7) is 1.75. The SMILES string of the molecule is Cc1cc(NC(=O)CCCc2cccs2)c(C(=O)O)[nH]1. The molecular formula is C14H16N2O3S. The number of H-pyrrole nitrogens is 1. The van der Waals surface area contributed by atoms with E-state index in [2.05, 4.69) is 10.3 Å². The maximum Gasteiger partial charge on any atom is 0.354 e. The molecule has 2 aromatic rings. The molecule has 3 N–H and O–H groups in total. The first-order chi connectivity index (χ1) is 9.56. The number of amides is 1. The van der Waals surface area contributed by atoms with Gasteiger partial charge in [-0.1, -0.05) is 6.07 Å². The van der Waals surface area contributed by atoms with Crippen LogP contribution in [0.15, 0.2) is 23.6 Å². The van der Waals surface area contributed by atoms with Gasteiger partial charge in [-0.25, -0.2) is 4.79 Å². The molecule has 106 valence electrons. The Balaban J connectivity index is 1.86. The Morgan fingerprint density at radius 1 is 1.45 bits per heavy atom. The van der Waals surface area contributed by atoms with E-state index >= 15 is 0 Å². The predicted octanol–water partition coefficient (Wildman–Crippen LogP) is 3.04. The number of carbonyl (C=O) groups is 2. The standard InChI is InChI=1S/C14H16N2O3S/c1-9-8-11(13(15-9)14(18)19)16-12(17)6-2-4-10-5-3-7-20-10/h3,5,7-8,15H,2,4,6H2,1H3,(H,16,17)(H,18,19). The summed E-state index contributed by atoms with van der Waals surface area (Å²) in [6, 6.07) is 5.66. The first kappa shape index (κ1) is 14.3. The van der Waals surface area contributed by atoms with Gasteiger partial charge in [0.15, 0.2) is 0 Å². The second kappa shape index (κ2) is 6.38. The van der Waals surface area contributed by atoms with Gasteiger partial charge in [0.25, 0.3) is 0 Å². The molecule has 0 radical (unpaired) electrons. The number of carboxylic acid groups (broad SMARTS) is 1. The molecule has 0 unspecified atom stereocenters. The van der Waals surface area contributed by atoms with Crippen molar-refractivity contribution in [2.24, 2.45) is 0 Å². The fraction of sp³-hybridized carbons (Fsp3) is 0.286. The summed E-state index contributed by atoms with van der Waals surface area (Å²) in [5.41, 5.74) is 1.06. The number of aromatic nitrogens is 1. The normalized spacial score (nSPS) is 10.4. The van der Waals surface area contributed by atoms with Gasteiger partial charge in [-0.05, 0) is 37.3 Å². The van der Waals surface area contributed by atoms with E-state index in [9.17, 15) is 9.59 Å². The molecule has 0 atom stereocenters. The molecule has 1 amide bonds. The average Bonchev–Trinajstić information content (AvgIpc) is 2.99. The van der Waals surface area contributed by atoms with Gasteiger partial charge >= 0.3 is 5.97 Å². The van der Waals surface area contributed by atoms with Crippen molar-refractivity contribution >= 4 is 28.9 Å². The van der Waals surface area contributed by atoms with Crippen LogP contribution in [0.5, 0.6) is 0 Å². The zero-order chi connectivity index (χ0) is 14.5. The molecule has 2 aromatic heterocycles. The third-order valence-electron chi connectivity index (χ3n) is 2.85. The highest BCUT2D eigenvalue weighted by Crippen LogP contribution is 2.18. The van der Waals surface area contributed by atoms with Crippen molar-refractivity contribution in [1.29, 1.82) is 0 Å². The van der Waals surface area contributed by atoms with E-state index in [1.807, 2.05) is 17.5 Å². The quantitative estimate of drug-likeness (QED) is 0.765. The van der Waals surface area contributed by atoms with Crippen molar-refractivity contribution in [3.63, 3.8) is 0 Å². The number of rotatable bonds is 6. The lowest BCUT2D eigenvalue weighted by Gasteiger charge is -2.04. The van der Waals surface area contributed by atoms with E-state index in [-0.39, 0.29) is 11.6 Å². The fourth-order valence-corrected chi connectivity index (χ4v) is 2.70. The lowest BCUT2D eigenvalue weighted by Crippen LogP contribution is -2.13. The van der Waals surface area contributed by atoms with Crippen LogP contribution in [0.3, 0.4) is 0 Å². The summed E-state index contributed by atoms with van der Waals surface area (Å²) in [6.07, 6.45) is 1.99. The van der Waals surface area contributed by atoms with Crippen LogP contribution in [-0.2, 0) is 11.2 Å². The molecule has 5 nitrogen and oxygen atoms in total. The number of carbonyl (C=O) groups excluding carboxylic acids is 1. The topological polar surface area (TPSA) is 82.2 Å². The lowest BCUT2D eigenvalue weighted by atomic mass is 10.2. The van der Waals surface area contributed by atoms with Crippen LogP contribution in [0.4, 0.5) is 5.69 Å². The highest BCUT2D eigenvalue weighted by molar-refractivity contribution is 7.09. The van der Waals surface area contributed by atoms with Gasteiger partial charge in [-0.3, -0.25) is 4.79 Å². The summed E-state index contributed by atoms with van der Waals surface area (Å²) in [4.78, 5) is 26.8. The van der Waals surface area contributed by atoms with Crippen LogP contribution >= 0.6 is 11.3 Å². The smallest absolute Gasteiger partial charge is 0.354 e. The minimum absolute atomic E-state index is 0.0223. The summed E-state index contributed by atoms with van der Waals surface area (Å²) < 4.78 is 0. The van der Waals surface area contributed by atoms with Gasteiger partial charge in [0, 0.05) is 17.0 Å². The van der Waals surface area contributed by atoms with E-state index < -0.39 is 5.97 Å². The molecule has 0 bridgehead atoms.